The van der Waals surface area contributed by atoms with E-state index in [0.29, 0.717) is 25.4 Å². The van der Waals surface area contributed by atoms with Gasteiger partial charge in [-0.3, -0.25) is 0 Å². The van der Waals surface area contributed by atoms with Crippen LogP contribution in [-0.4, -0.2) is 25.8 Å². The van der Waals surface area contributed by atoms with Crippen molar-refractivity contribution in [2.75, 3.05) is 19.8 Å². The van der Waals surface area contributed by atoms with Crippen molar-refractivity contribution in [1.82, 2.24) is 0 Å². The van der Waals surface area contributed by atoms with Crippen molar-refractivity contribution in [2.45, 2.75) is 13.3 Å². The molecule has 2 aromatic rings. The van der Waals surface area contributed by atoms with E-state index in [2.05, 4.69) is 6.92 Å². The Labute approximate surface area is 118 Å². The van der Waals surface area contributed by atoms with Gasteiger partial charge in [0.2, 0.25) is 0 Å². The first-order chi connectivity index (χ1) is 9.74. The van der Waals surface area contributed by atoms with Crippen LogP contribution in [0.4, 0.5) is 0 Å². The van der Waals surface area contributed by atoms with Gasteiger partial charge in [-0.15, -0.1) is 0 Å². The number of esters is 1. The van der Waals surface area contributed by atoms with Crippen LogP contribution in [0.25, 0.3) is 10.8 Å². The van der Waals surface area contributed by atoms with Crippen LogP contribution in [0.15, 0.2) is 42.5 Å². The summed E-state index contributed by atoms with van der Waals surface area (Å²) < 4.78 is 10.8. The second-order valence-electron chi connectivity index (χ2n) is 5.45. The largest absolute Gasteiger partial charge is 0.461 e. The maximum absolute atomic E-state index is 12.3. The fraction of sp³-hybridized carbons (Fsp3) is 0.353. The molecule has 0 unspecified atom stereocenters. The summed E-state index contributed by atoms with van der Waals surface area (Å²) in [5, 5.41) is 1.99. The Balaban J connectivity index is 1.79. The van der Waals surface area contributed by atoms with Gasteiger partial charge in [-0.1, -0.05) is 43.3 Å². The minimum absolute atomic E-state index is 0.0280. The van der Waals surface area contributed by atoms with E-state index in [9.17, 15) is 4.79 Å². The van der Waals surface area contributed by atoms with Crippen molar-refractivity contribution in [1.29, 1.82) is 0 Å². The Morgan fingerprint density at radius 2 is 1.95 bits per heavy atom. The number of hydrogen-bond acceptors (Lipinski definition) is 3. The molecule has 0 amide bonds. The highest BCUT2D eigenvalue weighted by atomic mass is 16.5. The van der Waals surface area contributed by atoms with Crippen LogP contribution in [0.5, 0.6) is 0 Å². The number of rotatable bonds is 4. The maximum Gasteiger partial charge on any atom is 0.338 e. The second kappa shape index (κ2) is 5.25. The third-order valence-electron chi connectivity index (χ3n) is 4.09. The van der Waals surface area contributed by atoms with E-state index in [1.54, 1.807) is 0 Å². The Kier molecular flexibility index (Phi) is 3.45. The Bertz CT molecular complexity index is 618. The van der Waals surface area contributed by atoms with Gasteiger partial charge in [-0.2, -0.15) is 0 Å². The van der Waals surface area contributed by atoms with Crippen molar-refractivity contribution in [3.63, 3.8) is 0 Å². The fourth-order valence-corrected chi connectivity index (χ4v) is 2.48. The summed E-state index contributed by atoms with van der Waals surface area (Å²) >= 11 is 0. The zero-order valence-corrected chi connectivity index (χ0v) is 11.6. The molecule has 0 aliphatic carbocycles. The van der Waals surface area contributed by atoms with Crippen LogP contribution in [-0.2, 0) is 9.47 Å². The smallest absolute Gasteiger partial charge is 0.338 e. The molecule has 0 saturated carbocycles. The number of ether oxygens (including phenoxy) is 2. The second-order valence-corrected chi connectivity index (χ2v) is 5.45. The van der Waals surface area contributed by atoms with Crippen molar-refractivity contribution in [3.05, 3.63) is 48.0 Å². The lowest BCUT2D eigenvalue weighted by Gasteiger charge is -2.39. The van der Waals surface area contributed by atoms with Crippen LogP contribution in [0.3, 0.4) is 0 Å². The van der Waals surface area contributed by atoms with Crippen molar-refractivity contribution in [2.24, 2.45) is 5.41 Å². The standard InChI is InChI=1S/C17H18O3/c1-2-17(10-19-11-17)12-20-16(18)15-9-5-7-13-6-3-4-8-14(13)15/h3-9H,2,10-12H2,1H3. The molecular weight excluding hydrogens is 252 g/mol. The predicted octanol–water partition coefficient (Wildman–Crippen LogP) is 3.42. The molecule has 0 N–H and O–H groups in total. The van der Waals surface area contributed by atoms with E-state index >= 15 is 0 Å². The van der Waals surface area contributed by atoms with Gasteiger partial charge < -0.3 is 9.47 Å². The average molecular weight is 270 g/mol. The summed E-state index contributed by atoms with van der Waals surface area (Å²) in [6.07, 6.45) is 0.968. The highest BCUT2D eigenvalue weighted by Gasteiger charge is 2.38. The number of hydrogen-bond donors (Lipinski definition) is 0. The molecule has 1 aliphatic rings. The quantitative estimate of drug-likeness (QED) is 0.798. The molecule has 3 nitrogen and oxygen atoms in total. The molecule has 0 radical (unpaired) electrons. The van der Waals surface area contributed by atoms with Gasteiger partial charge in [-0.05, 0) is 23.3 Å². The molecule has 104 valence electrons. The number of carbonyl (C=O) groups is 1. The zero-order valence-electron chi connectivity index (χ0n) is 11.6. The lowest BCUT2D eigenvalue weighted by Crippen LogP contribution is -2.46. The van der Waals surface area contributed by atoms with E-state index in [4.69, 9.17) is 9.47 Å². The van der Waals surface area contributed by atoms with Crippen LogP contribution in [0.1, 0.15) is 23.7 Å². The van der Waals surface area contributed by atoms with Crippen LogP contribution < -0.4 is 0 Å². The minimum Gasteiger partial charge on any atom is -0.461 e. The fourth-order valence-electron chi connectivity index (χ4n) is 2.48. The van der Waals surface area contributed by atoms with Crippen LogP contribution >= 0.6 is 0 Å². The topological polar surface area (TPSA) is 35.5 Å². The normalized spacial score (nSPS) is 16.6. The molecule has 0 atom stereocenters. The third-order valence-corrected chi connectivity index (χ3v) is 4.09. The van der Waals surface area contributed by atoms with Gasteiger partial charge in [0.25, 0.3) is 0 Å². The van der Waals surface area contributed by atoms with Gasteiger partial charge >= 0.3 is 5.97 Å². The average Bonchev–Trinajstić information content (AvgIpc) is 2.46. The molecule has 0 bridgehead atoms. The number of benzene rings is 2. The summed E-state index contributed by atoms with van der Waals surface area (Å²) in [7, 11) is 0. The minimum atomic E-state index is -0.249. The van der Waals surface area contributed by atoms with Crippen molar-refractivity contribution < 1.29 is 14.3 Å². The summed E-state index contributed by atoms with van der Waals surface area (Å²) in [5.74, 6) is -0.249. The van der Waals surface area contributed by atoms with E-state index in [1.807, 2.05) is 42.5 Å². The molecule has 3 heteroatoms. The first-order valence-electron chi connectivity index (χ1n) is 6.97. The SMILES string of the molecule is CCC1(COC(=O)c2cccc3ccccc23)COC1. The molecule has 20 heavy (non-hydrogen) atoms. The number of carbonyl (C=O) groups excluding carboxylic acids is 1. The Morgan fingerprint density at radius 1 is 1.20 bits per heavy atom. The highest BCUT2D eigenvalue weighted by Crippen LogP contribution is 2.32. The lowest BCUT2D eigenvalue weighted by molar-refractivity contribution is -0.140. The van der Waals surface area contributed by atoms with Gasteiger partial charge in [-0.25, -0.2) is 4.79 Å². The summed E-state index contributed by atoms with van der Waals surface area (Å²) in [6.45, 7) is 3.92. The summed E-state index contributed by atoms with van der Waals surface area (Å²) in [5.41, 5.74) is 0.662. The molecule has 1 saturated heterocycles. The van der Waals surface area contributed by atoms with Crippen LogP contribution in [0.2, 0.25) is 0 Å². The van der Waals surface area contributed by atoms with E-state index in [-0.39, 0.29) is 11.4 Å². The van der Waals surface area contributed by atoms with Crippen molar-refractivity contribution in [3.8, 4) is 0 Å². The molecule has 2 aromatic carbocycles. The molecule has 1 heterocycles. The van der Waals surface area contributed by atoms with Gasteiger partial charge in [0.1, 0.15) is 6.61 Å². The Hall–Kier alpha value is -1.87. The van der Waals surface area contributed by atoms with Gasteiger partial charge in [0.15, 0.2) is 0 Å². The van der Waals surface area contributed by atoms with Crippen LogP contribution in [0, 0.1) is 5.41 Å². The molecule has 1 aliphatic heterocycles. The van der Waals surface area contributed by atoms with Gasteiger partial charge in [0.05, 0.1) is 24.2 Å². The molecule has 3 rings (SSSR count). The molecule has 0 spiro atoms. The van der Waals surface area contributed by atoms with E-state index in [0.717, 1.165) is 17.2 Å². The molecular formula is C17H18O3. The summed E-state index contributed by atoms with van der Waals surface area (Å²) in [4.78, 5) is 12.3. The van der Waals surface area contributed by atoms with E-state index < -0.39 is 0 Å². The van der Waals surface area contributed by atoms with Crippen molar-refractivity contribution >= 4 is 16.7 Å². The molecule has 0 aromatic heterocycles. The van der Waals surface area contributed by atoms with E-state index in [1.165, 1.54) is 0 Å². The third kappa shape index (κ3) is 2.29. The lowest BCUT2D eigenvalue weighted by atomic mass is 9.84. The number of fused-ring (bicyclic) bond motifs is 1. The Morgan fingerprint density at radius 3 is 2.65 bits per heavy atom. The highest BCUT2D eigenvalue weighted by molar-refractivity contribution is 6.04. The van der Waals surface area contributed by atoms with Gasteiger partial charge in [0, 0.05) is 0 Å². The molecule has 1 fully saturated rings. The predicted molar refractivity (Wildman–Crippen MR) is 77.8 cm³/mol. The maximum atomic E-state index is 12.3. The first-order valence-corrected chi connectivity index (χ1v) is 6.97. The first kappa shape index (κ1) is 13.1. The zero-order chi connectivity index (χ0) is 14.0. The monoisotopic (exact) mass is 270 g/mol. The summed E-state index contributed by atoms with van der Waals surface area (Å²) in [6, 6.07) is 13.6.